The summed E-state index contributed by atoms with van der Waals surface area (Å²) in [7, 11) is 0. The number of anilines is 1. The second-order valence-corrected chi connectivity index (χ2v) is 10.3. The molecule has 1 saturated carbocycles. The Morgan fingerprint density at radius 1 is 0.714 bits per heavy atom. The Bertz CT molecular complexity index is 1110. The number of amides is 1. The van der Waals surface area contributed by atoms with Gasteiger partial charge >= 0.3 is 0 Å². The summed E-state index contributed by atoms with van der Waals surface area (Å²) in [6.45, 7) is 4.72. The van der Waals surface area contributed by atoms with Gasteiger partial charge in [0.25, 0.3) is 5.91 Å². The van der Waals surface area contributed by atoms with Crippen molar-refractivity contribution in [2.24, 2.45) is 0 Å². The van der Waals surface area contributed by atoms with E-state index in [0.717, 1.165) is 38.3 Å². The first-order valence-corrected chi connectivity index (χ1v) is 13.3. The summed E-state index contributed by atoms with van der Waals surface area (Å²) in [6.07, 6.45) is 6.16. The van der Waals surface area contributed by atoms with Gasteiger partial charge in [-0.05, 0) is 41.7 Å². The van der Waals surface area contributed by atoms with Crippen molar-refractivity contribution in [1.29, 1.82) is 0 Å². The molecule has 2 aliphatic heterocycles. The molecule has 0 N–H and O–H groups in total. The van der Waals surface area contributed by atoms with Crippen LogP contribution in [0, 0.1) is 0 Å². The zero-order valence-electron chi connectivity index (χ0n) is 20.5. The number of carbonyl (C=O) groups is 1. The molecule has 35 heavy (non-hydrogen) atoms. The second-order valence-electron chi connectivity index (χ2n) is 10.3. The maximum Gasteiger partial charge on any atom is 0.254 e. The van der Waals surface area contributed by atoms with Gasteiger partial charge in [-0.3, -0.25) is 9.69 Å². The third-order valence-electron chi connectivity index (χ3n) is 8.22. The monoisotopic (exact) mass is 465 g/mol. The van der Waals surface area contributed by atoms with Gasteiger partial charge in [0.15, 0.2) is 0 Å². The molecule has 3 aliphatic rings. The SMILES string of the molecule is O=C1c2cc(N3CCN(C(c4ccccc4)c4ccccc4)CC3)ccc2CN1C1CCCCC1. The zero-order chi connectivity index (χ0) is 23.6. The molecule has 1 amide bonds. The Morgan fingerprint density at radius 3 is 1.97 bits per heavy atom. The average Bonchev–Trinajstić information content (AvgIpc) is 3.27. The first-order valence-electron chi connectivity index (χ1n) is 13.3. The molecular formula is C31H35N3O. The molecule has 0 bridgehead atoms. The van der Waals surface area contributed by atoms with E-state index in [4.69, 9.17) is 0 Å². The summed E-state index contributed by atoms with van der Waals surface area (Å²) < 4.78 is 0. The first kappa shape index (κ1) is 22.4. The molecule has 0 radical (unpaired) electrons. The normalized spacial score (nSPS) is 19.4. The van der Waals surface area contributed by atoms with Crippen molar-refractivity contribution in [2.45, 2.75) is 50.7 Å². The van der Waals surface area contributed by atoms with Crippen molar-refractivity contribution in [3.8, 4) is 0 Å². The van der Waals surface area contributed by atoms with Crippen molar-refractivity contribution in [1.82, 2.24) is 9.80 Å². The van der Waals surface area contributed by atoms with Gasteiger partial charge in [0.2, 0.25) is 0 Å². The third kappa shape index (κ3) is 4.48. The minimum absolute atomic E-state index is 0.251. The van der Waals surface area contributed by atoms with Crippen molar-refractivity contribution >= 4 is 11.6 Å². The van der Waals surface area contributed by atoms with Crippen LogP contribution in [-0.4, -0.2) is 47.9 Å². The lowest BCUT2D eigenvalue weighted by molar-refractivity contribution is 0.0660. The summed E-state index contributed by atoms with van der Waals surface area (Å²) in [6, 6.07) is 29.0. The van der Waals surface area contributed by atoms with Gasteiger partial charge in [0.1, 0.15) is 0 Å². The van der Waals surface area contributed by atoms with Crippen LogP contribution in [0.2, 0.25) is 0 Å². The second kappa shape index (κ2) is 9.87. The molecule has 6 rings (SSSR count). The highest BCUT2D eigenvalue weighted by Gasteiger charge is 2.34. The van der Waals surface area contributed by atoms with Gasteiger partial charge in [-0.15, -0.1) is 0 Å². The molecule has 2 fully saturated rings. The number of carbonyl (C=O) groups excluding carboxylic acids is 1. The summed E-state index contributed by atoms with van der Waals surface area (Å²) in [4.78, 5) is 20.5. The molecule has 2 heterocycles. The van der Waals surface area contributed by atoms with Crippen molar-refractivity contribution in [3.63, 3.8) is 0 Å². The van der Waals surface area contributed by atoms with Crippen LogP contribution < -0.4 is 4.90 Å². The Labute approximate surface area is 209 Å². The number of hydrogen-bond donors (Lipinski definition) is 0. The summed E-state index contributed by atoms with van der Waals surface area (Å²) in [5.41, 5.74) is 6.02. The number of nitrogens with zero attached hydrogens (tertiary/aromatic N) is 3. The standard InChI is InChI=1S/C31H35N3O/c35-31-29-22-28(17-16-26(29)23-34(31)27-14-8-3-9-15-27)32-18-20-33(21-19-32)30(24-10-4-1-5-11-24)25-12-6-2-7-13-25/h1-2,4-7,10-13,16-17,22,27,30H,3,8-9,14-15,18-21,23H2. The van der Waals surface area contributed by atoms with Gasteiger partial charge in [0.05, 0.1) is 6.04 Å². The molecule has 1 aliphatic carbocycles. The highest BCUT2D eigenvalue weighted by Crippen LogP contribution is 2.34. The van der Waals surface area contributed by atoms with Crippen LogP contribution in [0.3, 0.4) is 0 Å². The quantitative estimate of drug-likeness (QED) is 0.470. The average molecular weight is 466 g/mol. The number of benzene rings is 3. The van der Waals surface area contributed by atoms with Crippen LogP contribution in [0.15, 0.2) is 78.9 Å². The van der Waals surface area contributed by atoms with Gasteiger partial charge in [0, 0.05) is 50.0 Å². The third-order valence-corrected chi connectivity index (χ3v) is 8.22. The van der Waals surface area contributed by atoms with Crippen LogP contribution in [0.4, 0.5) is 5.69 Å². The maximum atomic E-state index is 13.3. The van der Waals surface area contributed by atoms with Crippen LogP contribution in [-0.2, 0) is 6.54 Å². The molecule has 1 saturated heterocycles. The molecule has 0 spiro atoms. The number of hydrogen-bond acceptors (Lipinski definition) is 3. The Balaban J connectivity index is 1.17. The first-order chi connectivity index (χ1) is 17.3. The van der Waals surface area contributed by atoms with E-state index in [2.05, 4.69) is 93.6 Å². The topological polar surface area (TPSA) is 26.8 Å². The van der Waals surface area contributed by atoms with Crippen molar-refractivity contribution in [2.75, 3.05) is 31.1 Å². The number of piperazine rings is 1. The Kier molecular flexibility index (Phi) is 6.30. The zero-order valence-corrected chi connectivity index (χ0v) is 20.5. The van der Waals surface area contributed by atoms with E-state index in [9.17, 15) is 4.79 Å². The lowest BCUT2D eigenvalue weighted by atomic mass is 9.94. The fourth-order valence-corrected chi connectivity index (χ4v) is 6.32. The van der Waals surface area contributed by atoms with Gasteiger partial charge < -0.3 is 9.80 Å². The maximum absolute atomic E-state index is 13.3. The van der Waals surface area contributed by atoms with Crippen LogP contribution in [0.1, 0.15) is 65.2 Å². The van der Waals surface area contributed by atoms with Gasteiger partial charge in [-0.25, -0.2) is 0 Å². The number of fused-ring (bicyclic) bond motifs is 1. The minimum atomic E-state index is 0.251. The minimum Gasteiger partial charge on any atom is -0.369 e. The molecular weight excluding hydrogens is 430 g/mol. The highest BCUT2D eigenvalue weighted by molar-refractivity contribution is 5.99. The van der Waals surface area contributed by atoms with E-state index in [1.165, 1.54) is 54.5 Å². The predicted molar refractivity (Wildman–Crippen MR) is 142 cm³/mol. The Morgan fingerprint density at radius 2 is 1.34 bits per heavy atom. The lowest BCUT2D eigenvalue weighted by Crippen LogP contribution is -2.48. The molecule has 3 aromatic carbocycles. The van der Waals surface area contributed by atoms with E-state index < -0.39 is 0 Å². The van der Waals surface area contributed by atoms with Crippen LogP contribution in [0.25, 0.3) is 0 Å². The van der Waals surface area contributed by atoms with Crippen molar-refractivity contribution < 1.29 is 4.79 Å². The lowest BCUT2D eigenvalue weighted by Gasteiger charge is -2.40. The smallest absolute Gasteiger partial charge is 0.254 e. The molecule has 180 valence electrons. The highest BCUT2D eigenvalue weighted by atomic mass is 16.2. The molecule has 0 unspecified atom stereocenters. The van der Waals surface area contributed by atoms with Gasteiger partial charge in [-0.2, -0.15) is 0 Å². The summed E-state index contributed by atoms with van der Waals surface area (Å²) >= 11 is 0. The molecule has 4 heteroatoms. The fourth-order valence-electron chi connectivity index (χ4n) is 6.32. The van der Waals surface area contributed by atoms with Crippen LogP contribution >= 0.6 is 0 Å². The molecule has 3 aromatic rings. The molecule has 4 nitrogen and oxygen atoms in total. The van der Waals surface area contributed by atoms with E-state index in [-0.39, 0.29) is 11.9 Å². The largest absolute Gasteiger partial charge is 0.369 e. The van der Waals surface area contributed by atoms with E-state index >= 15 is 0 Å². The van der Waals surface area contributed by atoms with Gasteiger partial charge in [-0.1, -0.05) is 86.0 Å². The van der Waals surface area contributed by atoms with Crippen LogP contribution in [0.5, 0.6) is 0 Å². The number of rotatable bonds is 5. The van der Waals surface area contributed by atoms with E-state index in [1.54, 1.807) is 0 Å². The fraction of sp³-hybridized carbons (Fsp3) is 0.387. The van der Waals surface area contributed by atoms with Crippen molar-refractivity contribution in [3.05, 3.63) is 101 Å². The molecule has 0 aromatic heterocycles. The predicted octanol–water partition coefficient (Wildman–Crippen LogP) is 5.89. The Hall–Kier alpha value is -3.11. The summed E-state index contributed by atoms with van der Waals surface area (Å²) in [5.74, 6) is 0.251. The van der Waals surface area contributed by atoms with E-state index in [0.29, 0.717) is 6.04 Å². The van der Waals surface area contributed by atoms with E-state index in [1.807, 2.05) is 0 Å². The summed E-state index contributed by atoms with van der Waals surface area (Å²) in [5, 5.41) is 0. The molecule has 0 atom stereocenters.